The normalized spacial score (nSPS) is 25.2. The molecule has 0 radical (unpaired) electrons. The summed E-state index contributed by atoms with van der Waals surface area (Å²) in [6, 6.07) is 0. The molecule has 2 bridgehead atoms. The molecule has 130 heavy (non-hydrogen) atoms. The van der Waals surface area contributed by atoms with E-state index in [1.165, 1.54) is 713 Å². The lowest BCUT2D eigenvalue weighted by Gasteiger charge is -2.41. The molecule has 0 spiro atoms. The van der Waals surface area contributed by atoms with Crippen LogP contribution in [0, 0.1) is 17.8 Å². The van der Waals surface area contributed by atoms with Crippen molar-refractivity contribution in [3.63, 3.8) is 0 Å². The van der Waals surface area contributed by atoms with Gasteiger partial charge in [0.1, 0.15) is 0 Å². The molecule has 766 valence electrons. The van der Waals surface area contributed by atoms with E-state index < -0.39 is 0 Å². The van der Waals surface area contributed by atoms with E-state index in [2.05, 4.69) is 26.9 Å². The lowest BCUT2D eigenvalue weighted by atomic mass is 9.75. The van der Waals surface area contributed by atoms with Gasteiger partial charge in [-0.2, -0.15) is 0 Å². The Kier molecular flexibility index (Phi) is 94.6. The summed E-state index contributed by atoms with van der Waals surface area (Å²) in [5.74, 6) is 2.29. The van der Waals surface area contributed by atoms with Crippen LogP contribution in [0.3, 0.4) is 0 Å². The van der Waals surface area contributed by atoms with Crippen LogP contribution in [0.5, 0.6) is 0 Å². The van der Waals surface area contributed by atoms with Crippen LogP contribution >= 0.6 is 23.2 Å². The van der Waals surface area contributed by atoms with Gasteiger partial charge in [0.15, 0.2) is 0 Å². The number of anilines is 1. The first kappa shape index (κ1) is 122. The molecule has 5 heteroatoms. The predicted molar refractivity (Wildman–Crippen MR) is 590 cm³/mol. The molecule has 4 aliphatic rings. The van der Waals surface area contributed by atoms with Crippen molar-refractivity contribution in [2.24, 2.45) is 17.8 Å². The third kappa shape index (κ3) is 83.1. The summed E-state index contributed by atoms with van der Waals surface area (Å²) in [5.41, 5.74) is 0.975. The van der Waals surface area contributed by atoms with Crippen molar-refractivity contribution < 1.29 is 0 Å². The van der Waals surface area contributed by atoms with Crippen LogP contribution in [-0.4, -0.2) is 42.6 Å². The monoisotopic (exact) mass is 1850 g/mol. The lowest BCUT2D eigenvalue weighted by Crippen LogP contribution is -2.49. The number of halogens is 2. The fourth-order valence-corrected chi connectivity index (χ4v) is 24.0. The van der Waals surface area contributed by atoms with Crippen molar-refractivity contribution in [2.75, 3.05) is 37.6 Å². The Balaban J connectivity index is 0.952. The smallest absolute Gasteiger partial charge is 0.0838 e. The van der Waals surface area contributed by atoms with E-state index in [1.807, 2.05) is 0 Å². The molecule has 0 aromatic carbocycles. The molecule has 1 aliphatic heterocycles. The minimum Gasteiger partial charge on any atom is -0.366 e. The maximum absolute atomic E-state index is 6.64. The van der Waals surface area contributed by atoms with Gasteiger partial charge in [-0.1, -0.05) is 722 Å². The maximum atomic E-state index is 6.64. The third-order valence-corrected chi connectivity index (χ3v) is 33.0. The average Bonchev–Trinajstić information content (AvgIpc) is 0.818. The number of allylic oxidation sites excluding steroid dienone is 2. The van der Waals surface area contributed by atoms with E-state index >= 15 is 0 Å². The molecule has 2 fully saturated rings. The number of pyridine rings is 1. The first-order chi connectivity index (χ1) is 64.7. The quantitative estimate of drug-likeness (QED) is 0.281. The van der Waals surface area contributed by atoms with Crippen molar-refractivity contribution in [1.29, 1.82) is 0 Å². The molecular formula is C125H237Cl2N3. The fourth-order valence-electron chi connectivity index (χ4n) is 23.4. The van der Waals surface area contributed by atoms with Crippen LogP contribution in [0.15, 0.2) is 24.5 Å². The number of hydrogen-bond donors (Lipinski definition) is 0. The van der Waals surface area contributed by atoms with Gasteiger partial charge in [-0.3, -0.25) is 9.88 Å². The highest BCUT2D eigenvalue weighted by Gasteiger charge is 2.30. The van der Waals surface area contributed by atoms with Gasteiger partial charge < -0.3 is 4.90 Å². The van der Waals surface area contributed by atoms with Crippen molar-refractivity contribution in [1.82, 2.24) is 9.88 Å². The summed E-state index contributed by atoms with van der Waals surface area (Å²) in [6.45, 7) is 5.40. The third-order valence-electron chi connectivity index (χ3n) is 32.5. The summed E-state index contributed by atoms with van der Waals surface area (Å²) in [5, 5.41) is 1.36. The molecule has 3 nitrogen and oxygen atoms in total. The second-order valence-electron chi connectivity index (χ2n) is 45.0. The van der Waals surface area contributed by atoms with Gasteiger partial charge in [0.25, 0.3) is 0 Å². The summed E-state index contributed by atoms with van der Waals surface area (Å²) < 4.78 is 0. The zero-order valence-corrected chi connectivity index (χ0v) is 90.5. The van der Waals surface area contributed by atoms with Crippen molar-refractivity contribution in [3.05, 3.63) is 34.6 Å². The number of nitrogens with zero attached hydrogens (tertiary/aromatic N) is 3. The molecular weight excluding hydrogens is 1610 g/mol. The molecule has 3 unspecified atom stereocenters. The second kappa shape index (κ2) is 101. The van der Waals surface area contributed by atoms with Crippen molar-refractivity contribution >= 4 is 28.9 Å². The molecule has 0 amide bonds. The van der Waals surface area contributed by atoms with E-state index in [0.29, 0.717) is 10.0 Å². The fraction of sp³-hybridized carbons (Fsp3) is 0.944. The Labute approximate surface area is 829 Å². The Morgan fingerprint density at radius 3 is 0.492 bits per heavy atom. The minimum absolute atomic E-state index is 0.679. The summed E-state index contributed by atoms with van der Waals surface area (Å²) in [7, 11) is 0. The van der Waals surface area contributed by atoms with Crippen LogP contribution in [0.25, 0.3) is 0 Å². The average molecular weight is 1850 g/mol. The van der Waals surface area contributed by atoms with Gasteiger partial charge >= 0.3 is 0 Å². The van der Waals surface area contributed by atoms with Gasteiger partial charge in [0, 0.05) is 45.1 Å². The van der Waals surface area contributed by atoms with E-state index in [1.54, 1.807) is 12.4 Å². The van der Waals surface area contributed by atoms with Gasteiger partial charge in [-0.15, -0.1) is 0 Å². The highest BCUT2D eigenvalue weighted by Crippen LogP contribution is 2.38. The molecule has 5 rings (SSSR count). The van der Waals surface area contributed by atoms with Crippen LogP contribution in [0.1, 0.15) is 706 Å². The number of rotatable bonds is 3. The van der Waals surface area contributed by atoms with Gasteiger partial charge in [0.2, 0.25) is 0 Å². The van der Waals surface area contributed by atoms with E-state index in [9.17, 15) is 0 Å². The summed E-state index contributed by atoms with van der Waals surface area (Å²) in [6.07, 6.45) is 172. The molecule has 1 aromatic heterocycles. The molecule has 0 N–H and O–H groups in total. The largest absolute Gasteiger partial charge is 0.366 e. The number of hydrogen-bond acceptors (Lipinski definition) is 3. The number of aromatic nitrogens is 1. The molecule has 1 saturated heterocycles. The van der Waals surface area contributed by atoms with Gasteiger partial charge in [-0.05, 0) is 37.0 Å². The number of fused-ring (bicyclic) bond motifs is 109. The summed E-state index contributed by atoms with van der Waals surface area (Å²) in [4.78, 5) is 9.40. The van der Waals surface area contributed by atoms with Crippen LogP contribution in [-0.2, 0) is 0 Å². The van der Waals surface area contributed by atoms with Gasteiger partial charge in [0.05, 0.1) is 15.7 Å². The lowest BCUT2D eigenvalue weighted by molar-refractivity contribution is 0.165. The number of piperazine rings is 1. The highest BCUT2D eigenvalue weighted by molar-refractivity contribution is 6.38. The summed E-state index contributed by atoms with van der Waals surface area (Å²) >= 11 is 13.3. The molecule has 2 heterocycles. The van der Waals surface area contributed by atoms with Crippen LogP contribution in [0.2, 0.25) is 10.0 Å². The maximum Gasteiger partial charge on any atom is 0.0838 e. The zero-order chi connectivity index (χ0) is 91.5. The van der Waals surface area contributed by atoms with E-state index in [4.69, 9.17) is 23.2 Å². The Bertz CT molecular complexity index is 2280. The van der Waals surface area contributed by atoms with Crippen LogP contribution < -0.4 is 4.90 Å². The molecule has 3 aliphatic carbocycles. The molecule has 1 aromatic rings. The van der Waals surface area contributed by atoms with Crippen molar-refractivity contribution in [2.45, 2.75) is 706 Å². The molecule has 1 saturated carbocycles. The SMILES string of the molecule is Clc1cncc(Cl)c1N1CCN(CC2CC3C=CC2CCCCCCCCCCCCCCCCCCCCCCCCCCCCCCCCCCCCCCCCCCCCCCCCCCCCCCCCCCCCCCCCCCCCCCCCCCCCCCCCCCCCCCCCCCCCCCCCCCCCCCCCCCCCC3)CC1. The van der Waals surface area contributed by atoms with Crippen LogP contribution in [0.4, 0.5) is 5.69 Å². The Morgan fingerprint density at radius 1 is 0.185 bits per heavy atom. The van der Waals surface area contributed by atoms with E-state index in [0.717, 1.165) is 49.6 Å². The Hall–Kier alpha value is -0.770. The Morgan fingerprint density at radius 2 is 0.331 bits per heavy atom. The topological polar surface area (TPSA) is 19.4 Å². The minimum atomic E-state index is 0.679. The zero-order valence-electron chi connectivity index (χ0n) is 89.0. The predicted octanol–water partition coefficient (Wildman–Crippen LogP) is 45.9. The molecule has 3 atom stereocenters. The first-order valence-corrected chi connectivity index (χ1v) is 62.9. The first-order valence-electron chi connectivity index (χ1n) is 62.2. The second-order valence-corrected chi connectivity index (χ2v) is 45.8. The highest BCUT2D eigenvalue weighted by atomic mass is 35.5. The van der Waals surface area contributed by atoms with Gasteiger partial charge in [-0.25, -0.2) is 0 Å². The van der Waals surface area contributed by atoms with Crippen molar-refractivity contribution in [3.8, 4) is 0 Å². The standard InChI is InChI=1S/C125H237Cl2N3/c126-123-117-128-118-124(127)125(123)130-114-112-129(113-115-130)119-122-116-120-108-106-104-102-100-98-96-94-92-90-88-86-84-82-80-78-76-74-72-70-68-66-64-62-60-58-56-54-52-50-48-46-44-42-40-38-36-34-32-30-28-26-24-22-20-18-16-14-12-10-8-6-4-2-1-3-5-7-9-11-13-15-17-19-21-23-25-27-29-31-33-35-37-39-41-43-45-47-49-51-53-55-57-59-61-63-65-67-69-71-73-75-77-79-81-83-85-87-89-91-93-95-97-99-101-103-105-107-109-121(122)111-110-120/h110-111,117-118,120-122H,1-109,112-116,119H2. The van der Waals surface area contributed by atoms with E-state index in [-0.39, 0.29) is 0 Å².